The second-order valence-electron chi connectivity index (χ2n) is 15.6. The van der Waals surface area contributed by atoms with Crippen molar-refractivity contribution in [3.05, 3.63) is 158 Å². The predicted molar refractivity (Wildman–Crippen MR) is 237 cm³/mol. The van der Waals surface area contributed by atoms with Gasteiger partial charge in [0.2, 0.25) is 0 Å². The second-order valence-corrected chi connectivity index (χ2v) is 15.6. The van der Waals surface area contributed by atoms with Gasteiger partial charge in [-0.25, -0.2) is 9.97 Å². The fraction of sp³-hybridized carbons (Fsp3) is 0. The quantitative estimate of drug-likeness (QED) is 0.166. The normalized spacial score (nSPS) is 12.8. The molecule has 0 N–H and O–H groups in total. The lowest BCUT2D eigenvalue weighted by Crippen LogP contribution is -2.04. The first kappa shape index (κ1) is 29.3. The van der Waals surface area contributed by atoms with Gasteiger partial charge in [0.15, 0.2) is 5.82 Å². The molecule has 9 aromatic carbocycles. The molecule has 266 valence electrons. The van der Waals surface area contributed by atoms with Gasteiger partial charge in [-0.2, -0.15) is 0 Å². The Kier molecular flexibility index (Phi) is 5.09. The first-order chi connectivity index (χ1) is 28.8. The third-order valence-corrected chi connectivity index (χ3v) is 12.8. The van der Waals surface area contributed by atoms with Crippen molar-refractivity contribution >= 4 is 126 Å². The lowest BCUT2D eigenvalue weighted by atomic mass is 9.99. The van der Waals surface area contributed by atoms with E-state index in [0.29, 0.717) is 0 Å². The van der Waals surface area contributed by atoms with Crippen molar-refractivity contribution < 1.29 is 8.83 Å². The molecule has 0 spiro atoms. The second kappa shape index (κ2) is 10.1. The van der Waals surface area contributed by atoms with Crippen molar-refractivity contribution in [2.75, 3.05) is 0 Å². The Bertz CT molecular complexity index is 4270. The number of furan rings is 2. The van der Waals surface area contributed by atoms with E-state index < -0.39 is 0 Å². The maximum Gasteiger partial charge on any atom is 0.165 e. The summed E-state index contributed by atoms with van der Waals surface area (Å²) in [6.45, 7) is 0. The number of para-hydroxylation sites is 2. The topological polar surface area (TPSA) is 61.4 Å². The minimum Gasteiger partial charge on any atom is -0.456 e. The summed E-state index contributed by atoms with van der Waals surface area (Å²) >= 11 is 0. The molecule has 0 saturated heterocycles. The number of nitrogens with zero attached hydrogens (tertiary/aromatic N) is 4. The van der Waals surface area contributed by atoms with Crippen molar-refractivity contribution in [2.24, 2.45) is 0 Å². The molecule has 0 atom stereocenters. The highest BCUT2D eigenvalue weighted by atomic mass is 16.3. The molecule has 0 bridgehead atoms. The summed E-state index contributed by atoms with van der Waals surface area (Å²) < 4.78 is 18.0. The van der Waals surface area contributed by atoms with Gasteiger partial charge in [-0.05, 0) is 71.4 Å². The standard InChI is InChI=1S/C52H26N4O2/c1-3-14-33-28(10-1)29-11-2-4-15-34(29)50-49(33)53-48(27-20-21-32-31-13-6-8-19-40(31)57-43(32)26-27)52(54-50)56-38-18-9-17-37-44(38)45-39(56)23-25-41-46(45)47-42(58-41)24-22-35-30-12-5-7-16-36(30)55(37)51(35)47/h1-26H. The number of fused-ring (bicyclic) bond motifs is 13. The van der Waals surface area contributed by atoms with E-state index in [1.165, 1.54) is 21.8 Å². The number of aromatic nitrogens is 4. The maximum atomic E-state index is 6.70. The van der Waals surface area contributed by atoms with Crippen LogP contribution in [0.1, 0.15) is 0 Å². The molecule has 0 aliphatic carbocycles. The van der Waals surface area contributed by atoms with E-state index in [1.807, 2.05) is 12.1 Å². The SMILES string of the molecule is c1ccc2c(c1)oc1cc(-c3nc4c5ccccc5c5ccccc5c4nc3-n3c4ccc5oc6ccc7c8ccccc8n8c9cccc3c9c4c5c6c78)ccc12. The third-order valence-electron chi connectivity index (χ3n) is 12.8. The van der Waals surface area contributed by atoms with Crippen LogP contribution in [0, 0.1) is 0 Å². The van der Waals surface area contributed by atoms with Gasteiger partial charge in [0.25, 0.3) is 0 Å². The largest absolute Gasteiger partial charge is 0.456 e. The Balaban J connectivity index is 1.17. The third kappa shape index (κ3) is 3.39. The molecule has 15 aromatic rings. The Morgan fingerprint density at radius 3 is 1.81 bits per heavy atom. The smallest absolute Gasteiger partial charge is 0.165 e. The van der Waals surface area contributed by atoms with Gasteiger partial charge in [-0.3, -0.25) is 4.57 Å². The molecule has 6 aromatic heterocycles. The lowest BCUT2D eigenvalue weighted by Gasteiger charge is -2.16. The van der Waals surface area contributed by atoms with Gasteiger partial charge in [0.1, 0.15) is 28.0 Å². The lowest BCUT2D eigenvalue weighted by molar-refractivity contribution is 0.669. The van der Waals surface area contributed by atoms with Crippen LogP contribution in [0.15, 0.2) is 167 Å². The van der Waals surface area contributed by atoms with E-state index in [2.05, 4.69) is 155 Å². The van der Waals surface area contributed by atoms with Crippen molar-refractivity contribution in [2.45, 2.75) is 0 Å². The van der Waals surface area contributed by atoms with Crippen LogP contribution in [0.3, 0.4) is 0 Å². The van der Waals surface area contributed by atoms with E-state index in [0.717, 1.165) is 121 Å². The van der Waals surface area contributed by atoms with Crippen molar-refractivity contribution in [3.8, 4) is 17.1 Å². The summed E-state index contributed by atoms with van der Waals surface area (Å²) in [5.41, 5.74) is 12.5. The number of hydrogen-bond donors (Lipinski definition) is 0. The minimum absolute atomic E-state index is 0.760. The molecule has 0 aliphatic rings. The molecule has 0 amide bonds. The van der Waals surface area contributed by atoms with Crippen molar-refractivity contribution in [1.82, 2.24) is 18.9 Å². The fourth-order valence-electron chi connectivity index (χ4n) is 10.5. The van der Waals surface area contributed by atoms with Gasteiger partial charge in [-0.15, -0.1) is 0 Å². The zero-order valence-corrected chi connectivity index (χ0v) is 30.6. The van der Waals surface area contributed by atoms with E-state index in [9.17, 15) is 0 Å². The molecule has 15 rings (SSSR count). The number of rotatable bonds is 2. The highest BCUT2D eigenvalue weighted by molar-refractivity contribution is 6.37. The van der Waals surface area contributed by atoms with E-state index in [1.54, 1.807) is 0 Å². The van der Waals surface area contributed by atoms with Gasteiger partial charge in [0, 0.05) is 54.0 Å². The summed E-state index contributed by atoms with van der Waals surface area (Å²) in [7, 11) is 0. The Morgan fingerprint density at radius 1 is 0.362 bits per heavy atom. The summed E-state index contributed by atoms with van der Waals surface area (Å²) in [6, 6.07) is 55.9. The highest BCUT2D eigenvalue weighted by Gasteiger charge is 2.28. The first-order valence-corrected chi connectivity index (χ1v) is 19.7. The molecular formula is C52H26N4O2. The molecule has 6 nitrogen and oxygen atoms in total. The van der Waals surface area contributed by atoms with Crippen LogP contribution in [0.25, 0.3) is 143 Å². The molecule has 0 saturated carbocycles. The molecule has 6 heteroatoms. The van der Waals surface area contributed by atoms with Crippen molar-refractivity contribution in [1.29, 1.82) is 0 Å². The van der Waals surface area contributed by atoms with Crippen LogP contribution in [0.2, 0.25) is 0 Å². The average molecular weight is 739 g/mol. The van der Waals surface area contributed by atoms with E-state index >= 15 is 0 Å². The Labute approximate surface area is 327 Å². The molecule has 0 radical (unpaired) electrons. The van der Waals surface area contributed by atoms with Gasteiger partial charge in [0.05, 0.1) is 44.0 Å². The summed E-state index contributed by atoms with van der Waals surface area (Å²) in [5.74, 6) is 0.760. The van der Waals surface area contributed by atoms with E-state index in [4.69, 9.17) is 18.8 Å². The summed E-state index contributed by atoms with van der Waals surface area (Å²) in [4.78, 5) is 11.5. The monoisotopic (exact) mass is 738 g/mol. The molecular weight excluding hydrogens is 713 g/mol. The molecule has 0 unspecified atom stereocenters. The van der Waals surface area contributed by atoms with Crippen LogP contribution in [-0.4, -0.2) is 18.9 Å². The van der Waals surface area contributed by atoms with Gasteiger partial charge in [-0.1, -0.05) is 97.1 Å². The first-order valence-electron chi connectivity index (χ1n) is 19.7. The van der Waals surface area contributed by atoms with Crippen LogP contribution in [0.4, 0.5) is 0 Å². The molecule has 0 aliphatic heterocycles. The zero-order valence-electron chi connectivity index (χ0n) is 30.6. The minimum atomic E-state index is 0.760. The van der Waals surface area contributed by atoms with Crippen LogP contribution in [0.5, 0.6) is 0 Å². The number of hydrogen-bond acceptors (Lipinski definition) is 4. The molecule has 58 heavy (non-hydrogen) atoms. The van der Waals surface area contributed by atoms with Crippen molar-refractivity contribution in [3.63, 3.8) is 0 Å². The van der Waals surface area contributed by atoms with Gasteiger partial charge >= 0.3 is 0 Å². The highest BCUT2D eigenvalue weighted by Crippen LogP contribution is 2.49. The summed E-state index contributed by atoms with van der Waals surface area (Å²) in [6.07, 6.45) is 0. The average Bonchev–Trinajstić information content (AvgIpc) is 4.01. The van der Waals surface area contributed by atoms with E-state index in [-0.39, 0.29) is 0 Å². The zero-order chi connectivity index (χ0) is 37.4. The summed E-state index contributed by atoms with van der Waals surface area (Å²) in [5, 5.41) is 13.7. The van der Waals surface area contributed by atoms with Crippen LogP contribution in [-0.2, 0) is 0 Å². The Hall–Kier alpha value is -7.96. The Morgan fingerprint density at radius 2 is 0.966 bits per heavy atom. The number of benzene rings is 9. The van der Waals surface area contributed by atoms with Gasteiger partial charge < -0.3 is 13.2 Å². The van der Waals surface area contributed by atoms with Crippen LogP contribution >= 0.6 is 0 Å². The fourth-order valence-corrected chi connectivity index (χ4v) is 10.5. The molecule has 0 fully saturated rings. The predicted octanol–water partition coefficient (Wildman–Crippen LogP) is 13.9. The maximum absolute atomic E-state index is 6.70. The molecule has 6 heterocycles. The van der Waals surface area contributed by atoms with Crippen LogP contribution < -0.4 is 0 Å².